The van der Waals surface area contributed by atoms with E-state index in [0.717, 1.165) is 5.04 Å². The van der Waals surface area contributed by atoms with E-state index in [1.54, 1.807) is 0 Å². The van der Waals surface area contributed by atoms with Crippen molar-refractivity contribution in [3.05, 3.63) is 0 Å². The summed E-state index contributed by atoms with van der Waals surface area (Å²) in [6, 6.07) is -0.330. The second-order valence-electron chi connectivity index (χ2n) is 2.08. The third kappa shape index (κ3) is 1.94. The first kappa shape index (κ1) is 8.55. The molecule has 4 nitrogen and oxygen atoms in total. The quantitative estimate of drug-likeness (QED) is 0.580. The standard InChI is InChI=1S/C6H10N2O2S/c1-10-6(9)4-3-11-5(2-7)8-4/h4H,2-3,7H2,1H3/t4-/m0/s1. The van der Waals surface area contributed by atoms with Crippen molar-refractivity contribution < 1.29 is 9.53 Å². The molecule has 2 N–H and O–H groups in total. The average Bonchev–Trinajstić information content (AvgIpc) is 2.50. The van der Waals surface area contributed by atoms with Gasteiger partial charge in [-0.1, -0.05) is 0 Å². The lowest BCUT2D eigenvalue weighted by Gasteiger charge is -2.00. The minimum absolute atomic E-state index is 0.277. The van der Waals surface area contributed by atoms with Gasteiger partial charge < -0.3 is 10.5 Å². The molecule has 0 aromatic rings. The summed E-state index contributed by atoms with van der Waals surface area (Å²) in [6.07, 6.45) is 0. The van der Waals surface area contributed by atoms with Crippen LogP contribution in [0, 0.1) is 0 Å². The smallest absolute Gasteiger partial charge is 0.331 e. The number of aliphatic imine (C=N–C) groups is 1. The van der Waals surface area contributed by atoms with Crippen molar-refractivity contribution in [2.45, 2.75) is 6.04 Å². The van der Waals surface area contributed by atoms with Gasteiger partial charge in [-0.25, -0.2) is 4.79 Å². The van der Waals surface area contributed by atoms with Crippen molar-refractivity contribution in [3.63, 3.8) is 0 Å². The van der Waals surface area contributed by atoms with Gasteiger partial charge in [-0.05, 0) is 0 Å². The van der Waals surface area contributed by atoms with Gasteiger partial charge in [0.05, 0.1) is 12.2 Å². The van der Waals surface area contributed by atoms with Gasteiger partial charge in [0.25, 0.3) is 0 Å². The first-order valence-corrected chi connectivity index (χ1v) is 4.24. The van der Waals surface area contributed by atoms with Crippen LogP contribution in [0.1, 0.15) is 0 Å². The van der Waals surface area contributed by atoms with Crippen LogP contribution in [0.15, 0.2) is 4.99 Å². The van der Waals surface area contributed by atoms with Crippen LogP contribution < -0.4 is 5.73 Å². The fourth-order valence-electron chi connectivity index (χ4n) is 0.792. The number of thioether (sulfide) groups is 1. The minimum atomic E-state index is -0.330. The van der Waals surface area contributed by atoms with Crippen molar-refractivity contribution in [1.29, 1.82) is 0 Å². The molecule has 0 unspecified atom stereocenters. The normalized spacial score (nSPS) is 23.1. The highest BCUT2D eigenvalue weighted by Crippen LogP contribution is 2.17. The Morgan fingerprint density at radius 3 is 3.18 bits per heavy atom. The first-order valence-electron chi connectivity index (χ1n) is 3.25. The van der Waals surface area contributed by atoms with Gasteiger partial charge in [0.1, 0.15) is 0 Å². The SMILES string of the molecule is COC(=O)[C@@H]1CSC(CN)=N1. The van der Waals surface area contributed by atoms with Gasteiger partial charge in [-0.15, -0.1) is 11.8 Å². The molecule has 0 spiro atoms. The van der Waals surface area contributed by atoms with E-state index in [9.17, 15) is 4.79 Å². The molecule has 62 valence electrons. The molecule has 1 aliphatic rings. The Kier molecular flexibility index (Phi) is 2.90. The molecular formula is C6H10N2O2S. The lowest BCUT2D eigenvalue weighted by Crippen LogP contribution is -2.20. The molecule has 1 atom stereocenters. The number of nitrogens with zero attached hydrogens (tertiary/aromatic N) is 1. The summed E-state index contributed by atoms with van der Waals surface area (Å²) >= 11 is 1.52. The van der Waals surface area contributed by atoms with Gasteiger partial charge in [0.15, 0.2) is 6.04 Å². The predicted octanol–water partition coefficient (Wildman–Crippen LogP) is -0.368. The van der Waals surface area contributed by atoms with Crippen molar-refractivity contribution in [2.24, 2.45) is 10.7 Å². The molecule has 0 fully saturated rings. The maximum Gasteiger partial charge on any atom is 0.331 e. The highest BCUT2D eigenvalue weighted by Gasteiger charge is 2.24. The second-order valence-corrected chi connectivity index (χ2v) is 3.17. The van der Waals surface area contributed by atoms with E-state index in [1.165, 1.54) is 18.9 Å². The van der Waals surface area contributed by atoms with E-state index in [1.807, 2.05) is 0 Å². The Labute approximate surface area is 69.2 Å². The van der Waals surface area contributed by atoms with Crippen molar-refractivity contribution in [3.8, 4) is 0 Å². The van der Waals surface area contributed by atoms with Crippen molar-refractivity contribution in [2.75, 3.05) is 19.4 Å². The largest absolute Gasteiger partial charge is 0.467 e. The van der Waals surface area contributed by atoms with Crippen LogP contribution in [0.25, 0.3) is 0 Å². The number of hydrogen-bond acceptors (Lipinski definition) is 5. The van der Waals surface area contributed by atoms with Gasteiger partial charge in [0, 0.05) is 12.3 Å². The lowest BCUT2D eigenvalue weighted by atomic mass is 10.4. The number of hydrogen-bond donors (Lipinski definition) is 1. The van der Waals surface area contributed by atoms with Crippen molar-refractivity contribution >= 4 is 22.8 Å². The number of carbonyl (C=O) groups excluding carboxylic acids is 1. The van der Waals surface area contributed by atoms with E-state index in [-0.39, 0.29) is 12.0 Å². The maximum atomic E-state index is 10.9. The molecule has 11 heavy (non-hydrogen) atoms. The summed E-state index contributed by atoms with van der Waals surface area (Å²) in [4.78, 5) is 14.9. The van der Waals surface area contributed by atoms with E-state index < -0.39 is 0 Å². The van der Waals surface area contributed by atoms with Crippen LogP contribution in [0.4, 0.5) is 0 Å². The summed E-state index contributed by atoms with van der Waals surface area (Å²) in [7, 11) is 1.36. The van der Waals surface area contributed by atoms with Crippen molar-refractivity contribution in [1.82, 2.24) is 0 Å². The van der Waals surface area contributed by atoms with E-state index in [4.69, 9.17) is 5.73 Å². The zero-order valence-electron chi connectivity index (χ0n) is 6.24. The molecular weight excluding hydrogens is 164 g/mol. The minimum Gasteiger partial charge on any atom is -0.467 e. The number of carbonyl (C=O) groups is 1. The van der Waals surface area contributed by atoms with Gasteiger partial charge in [-0.3, -0.25) is 4.99 Å². The number of rotatable bonds is 2. The highest BCUT2D eigenvalue weighted by atomic mass is 32.2. The van der Waals surface area contributed by atoms with Gasteiger partial charge >= 0.3 is 5.97 Å². The average molecular weight is 174 g/mol. The molecule has 0 amide bonds. The van der Waals surface area contributed by atoms with Gasteiger partial charge in [-0.2, -0.15) is 0 Å². The van der Waals surface area contributed by atoms with Gasteiger partial charge in [0.2, 0.25) is 0 Å². The number of esters is 1. The Morgan fingerprint density at radius 2 is 2.73 bits per heavy atom. The molecule has 0 aromatic carbocycles. The summed E-state index contributed by atoms with van der Waals surface area (Å²) < 4.78 is 4.53. The monoisotopic (exact) mass is 174 g/mol. The van der Waals surface area contributed by atoms with Crippen LogP contribution in [-0.4, -0.2) is 36.5 Å². The molecule has 0 bridgehead atoms. The number of ether oxygens (including phenoxy) is 1. The third-order valence-corrected chi connectivity index (χ3v) is 2.44. The molecule has 0 saturated heterocycles. The molecule has 1 aliphatic heterocycles. The molecule has 5 heteroatoms. The Morgan fingerprint density at radius 1 is 2.00 bits per heavy atom. The second kappa shape index (κ2) is 3.73. The predicted molar refractivity (Wildman–Crippen MR) is 44.8 cm³/mol. The molecule has 0 saturated carbocycles. The molecule has 1 heterocycles. The first-order chi connectivity index (χ1) is 5.27. The number of methoxy groups -OCH3 is 1. The van der Waals surface area contributed by atoms with Crippen LogP contribution in [0.5, 0.6) is 0 Å². The molecule has 0 aromatic heterocycles. The van der Waals surface area contributed by atoms with Crippen LogP contribution in [0.2, 0.25) is 0 Å². The van der Waals surface area contributed by atoms with E-state index >= 15 is 0 Å². The lowest BCUT2D eigenvalue weighted by molar-refractivity contribution is -0.141. The number of nitrogens with two attached hydrogens (primary N) is 1. The fraction of sp³-hybridized carbons (Fsp3) is 0.667. The fourth-order valence-corrected chi connectivity index (χ4v) is 1.67. The zero-order chi connectivity index (χ0) is 8.27. The van der Waals surface area contributed by atoms with E-state index in [0.29, 0.717) is 12.3 Å². The topological polar surface area (TPSA) is 64.7 Å². The molecule has 0 radical (unpaired) electrons. The maximum absolute atomic E-state index is 10.9. The summed E-state index contributed by atoms with van der Waals surface area (Å²) in [5.74, 6) is 0.389. The van der Waals surface area contributed by atoms with E-state index in [2.05, 4.69) is 9.73 Å². The summed E-state index contributed by atoms with van der Waals surface area (Å²) in [6.45, 7) is 0.415. The Bertz CT molecular complexity index is 193. The Hall–Kier alpha value is -0.550. The molecule has 1 rings (SSSR count). The molecule has 0 aliphatic carbocycles. The zero-order valence-corrected chi connectivity index (χ0v) is 7.06. The summed E-state index contributed by atoms with van der Waals surface area (Å²) in [5, 5.41) is 0.834. The van der Waals surface area contributed by atoms with Crippen LogP contribution >= 0.6 is 11.8 Å². The van der Waals surface area contributed by atoms with Crippen LogP contribution in [0.3, 0.4) is 0 Å². The summed E-state index contributed by atoms with van der Waals surface area (Å²) in [5.41, 5.74) is 5.33. The highest BCUT2D eigenvalue weighted by molar-refractivity contribution is 8.14. The van der Waals surface area contributed by atoms with Crippen LogP contribution in [-0.2, 0) is 9.53 Å². The Balaban J connectivity index is 2.52. The third-order valence-electron chi connectivity index (χ3n) is 1.36.